The summed E-state index contributed by atoms with van der Waals surface area (Å²) in [4.78, 5) is 0. The fourth-order valence-corrected chi connectivity index (χ4v) is 2.89. The molecule has 0 bridgehead atoms. The Bertz CT molecular complexity index is 971. The molecule has 8 heteroatoms. The lowest BCUT2D eigenvalue weighted by atomic mass is 10.2. The van der Waals surface area contributed by atoms with E-state index in [2.05, 4.69) is 20.9 Å². The third-order valence-corrected chi connectivity index (χ3v) is 4.36. The molecule has 2 aromatic carbocycles. The number of anilines is 1. The maximum atomic E-state index is 13.6. The first kappa shape index (κ1) is 19.0. The summed E-state index contributed by atoms with van der Waals surface area (Å²) in [6.07, 6.45) is 1.54. The smallest absolute Gasteiger partial charge is 0.191 e. The predicted octanol–water partition coefficient (Wildman–Crippen LogP) is 4.35. The first-order chi connectivity index (χ1) is 13.0. The summed E-state index contributed by atoms with van der Waals surface area (Å²) >= 11 is 11.5. The van der Waals surface area contributed by atoms with E-state index in [0.717, 1.165) is 11.3 Å². The summed E-state index contributed by atoms with van der Waals surface area (Å²) in [5, 5.41) is 11.9. The second kappa shape index (κ2) is 8.75. The van der Waals surface area contributed by atoms with E-state index >= 15 is 0 Å². The van der Waals surface area contributed by atoms with E-state index in [1.165, 1.54) is 6.07 Å². The van der Waals surface area contributed by atoms with Gasteiger partial charge < -0.3 is 5.32 Å². The van der Waals surface area contributed by atoms with E-state index in [1.54, 1.807) is 29.1 Å². The lowest BCUT2D eigenvalue weighted by molar-refractivity contribution is 0.632. The van der Waals surface area contributed by atoms with Gasteiger partial charge in [-0.3, -0.25) is 5.43 Å². The molecule has 3 aromatic rings. The molecule has 0 radical (unpaired) electrons. The van der Waals surface area contributed by atoms with Crippen LogP contribution in [0.1, 0.15) is 16.8 Å². The molecule has 1 aromatic heterocycles. The fraction of sp³-hybridized carbons (Fsp3) is 0.105. The lowest BCUT2D eigenvalue weighted by Gasteiger charge is -2.07. The quantitative estimate of drug-likeness (QED) is 0.379. The van der Waals surface area contributed by atoms with Gasteiger partial charge in [0.25, 0.3) is 0 Å². The highest BCUT2D eigenvalue weighted by Gasteiger charge is 2.12. The second-order valence-corrected chi connectivity index (χ2v) is 6.50. The summed E-state index contributed by atoms with van der Waals surface area (Å²) in [5.41, 5.74) is 5.45. The van der Waals surface area contributed by atoms with Crippen LogP contribution in [0.3, 0.4) is 0 Å². The van der Waals surface area contributed by atoms with Crippen molar-refractivity contribution in [1.82, 2.24) is 15.2 Å². The van der Waals surface area contributed by atoms with E-state index in [4.69, 9.17) is 23.8 Å². The molecule has 0 saturated heterocycles. The Morgan fingerprint density at radius 1 is 1.22 bits per heavy atom. The number of nitrogens with zero attached hydrogens (tertiary/aromatic N) is 3. The molecular formula is C19H17ClFN5S. The molecule has 0 saturated carbocycles. The highest BCUT2D eigenvalue weighted by atomic mass is 35.5. The van der Waals surface area contributed by atoms with Crippen molar-refractivity contribution in [1.29, 1.82) is 0 Å². The largest absolute Gasteiger partial charge is 0.329 e. The highest BCUT2D eigenvalue weighted by molar-refractivity contribution is 7.80. The van der Waals surface area contributed by atoms with Crippen molar-refractivity contribution in [2.75, 3.05) is 5.32 Å². The molecule has 0 aliphatic rings. The van der Waals surface area contributed by atoms with Gasteiger partial charge in [-0.2, -0.15) is 10.2 Å². The third-order valence-electron chi connectivity index (χ3n) is 3.77. The fourth-order valence-electron chi connectivity index (χ4n) is 2.44. The van der Waals surface area contributed by atoms with Crippen LogP contribution in [0.5, 0.6) is 0 Å². The van der Waals surface area contributed by atoms with Crippen molar-refractivity contribution in [2.45, 2.75) is 13.5 Å². The van der Waals surface area contributed by atoms with Crippen LogP contribution < -0.4 is 10.7 Å². The normalized spacial score (nSPS) is 10.9. The van der Waals surface area contributed by atoms with Crippen LogP contribution in [0.4, 0.5) is 10.1 Å². The molecule has 138 valence electrons. The third kappa shape index (κ3) is 4.90. The van der Waals surface area contributed by atoms with Gasteiger partial charge in [-0.1, -0.05) is 54.1 Å². The SMILES string of the molecule is Cc1nn(Cc2ccccc2)c(Cl)c1/C=N\NC(=S)Nc1ccccc1F. The van der Waals surface area contributed by atoms with E-state index in [9.17, 15) is 4.39 Å². The number of halogens is 2. The Morgan fingerprint density at radius 2 is 1.93 bits per heavy atom. The molecule has 1 heterocycles. The Kier molecular flexibility index (Phi) is 6.16. The van der Waals surface area contributed by atoms with Crippen LogP contribution in [0, 0.1) is 12.7 Å². The van der Waals surface area contributed by atoms with Gasteiger partial charge in [0.15, 0.2) is 5.11 Å². The van der Waals surface area contributed by atoms with Crippen LogP contribution in [-0.2, 0) is 6.54 Å². The van der Waals surface area contributed by atoms with E-state index < -0.39 is 5.82 Å². The van der Waals surface area contributed by atoms with E-state index in [-0.39, 0.29) is 10.8 Å². The Labute approximate surface area is 166 Å². The minimum absolute atomic E-state index is 0.168. The summed E-state index contributed by atoms with van der Waals surface area (Å²) < 4.78 is 15.3. The van der Waals surface area contributed by atoms with Gasteiger partial charge in [0.05, 0.1) is 29.7 Å². The number of rotatable bonds is 5. The van der Waals surface area contributed by atoms with Crippen molar-refractivity contribution in [3.8, 4) is 0 Å². The molecule has 0 unspecified atom stereocenters. The number of benzene rings is 2. The number of hydrogen-bond donors (Lipinski definition) is 2. The maximum absolute atomic E-state index is 13.6. The van der Waals surface area contributed by atoms with Crippen LogP contribution >= 0.6 is 23.8 Å². The number of hydrazone groups is 1. The van der Waals surface area contributed by atoms with Crippen molar-refractivity contribution in [3.63, 3.8) is 0 Å². The van der Waals surface area contributed by atoms with Gasteiger partial charge in [0.2, 0.25) is 0 Å². The Morgan fingerprint density at radius 3 is 2.67 bits per heavy atom. The zero-order valence-electron chi connectivity index (χ0n) is 14.5. The lowest BCUT2D eigenvalue weighted by Crippen LogP contribution is -2.24. The van der Waals surface area contributed by atoms with E-state index in [0.29, 0.717) is 17.3 Å². The zero-order valence-corrected chi connectivity index (χ0v) is 16.1. The van der Waals surface area contributed by atoms with Gasteiger partial charge in [0.1, 0.15) is 11.0 Å². The van der Waals surface area contributed by atoms with Crippen LogP contribution in [-0.4, -0.2) is 21.1 Å². The minimum Gasteiger partial charge on any atom is -0.329 e. The standard InChI is InChI=1S/C19H17ClFN5S/c1-13-15(18(20)26(25-13)12-14-7-3-2-4-8-14)11-22-24-19(27)23-17-10-6-5-9-16(17)21/h2-11H,12H2,1H3,(H2,23,24,27)/b22-11-. The molecule has 0 fully saturated rings. The Balaban J connectivity index is 1.65. The molecule has 0 amide bonds. The summed E-state index contributed by atoms with van der Waals surface area (Å²) in [7, 11) is 0. The molecular weight excluding hydrogens is 385 g/mol. The van der Waals surface area contributed by atoms with E-state index in [1.807, 2.05) is 37.3 Å². The molecule has 0 atom stereocenters. The average molecular weight is 402 g/mol. The molecule has 0 aliphatic heterocycles. The van der Waals surface area contributed by atoms with Gasteiger partial charge >= 0.3 is 0 Å². The molecule has 2 N–H and O–H groups in total. The highest BCUT2D eigenvalue weighted by Crippen LogP contribution is 2.19. The van der Waals surface area contributed by atoms with Crippen molar-refractivity contribution in [2.24, 2.45) is 5.10 Å². The monoisotopic (exact) mass is 401 g/mol. The average Bonchev–Trinajstić information content (AvgIpc) is 2.92. The van der Waals surface area contributed by atoms with Crippen LogP contribution in [0.25, 0.3) is 0 Å². The first-order valence-corrected chi connectivity index (χ1v) is 8.94. The zero-order chi connectivity index (χ0) is 19.2. The number of aryl methyl sites for hydroxylation is 1. The summed E-state index contributed by atoms with van der Waals surface area (Å²) in [6.45, 7) is 2.42. The molecule has 0 spiro atoms. The number of para-hydroxylation sites is 1. The van der Waals surface area contributed by atoms with Crippen molar-refractivity contribution < 1.29 is 4.39 Å². The van der Waals surface area contributed by atoms with Crippen LogP contribution in [0.2, 0.25) is 5.15 Å². The maximum Gasteiger partial charge on any atom is 0.191 e. The summed E-state index contributed by atoms with van der Waals surface area (Å²) in [5.74, 6) is -0.397. The number of thiocarbonyl (C=S) groups is 1. The van der Waals surface area contributed by atoms with Crippen LogP contribution in [0.15, 0.2) is 59.7 Å². The number of nitrogens with one attached hydrogen (secondary N) is 2. The Hall–Kier alpha value is -2.77. The topological polar surface area (TPSA) is 54.2 Å². The van der Waals surface area contributed by atoms with Crippen molar-refractivity contribution in [3.05, 3.63) is 82.4 Å². The molecule has 27 heavy (non-hydrogen) atoms. The van der Waals surface area contributed by atoms with Gasteiger partial charge in [-0.25, -0.2) is 9.07 Å². The summed E-state index contributed by atoms with van der Waals surface area (Å²) in [6, 6.07) is 16.2. The predicted molar refractivity (Wildman–Crippen MR) is 111 cm³/mol. The molecule has 3 rings (SSSR count). The second-order valence-electron chi connectivity index (χ2n) is 5.74. The first-order valence-electron chi connectivity index (χ1n) is 8.16. The molecule has 0 aliphatic carbocycles. The number of aromatic nitrogens is 2. The van der Waals surface area contributed by atoms with Crippen molar-refractivity contribution >= 4 is 40.8 Å². The van der Waals surface area contributed by atoms with Gasteiger partial charge in [-0.05, 0) is 36.8 Å². The molecule has 5 nitrogen and oxygen atoms in total. The van der Waals surface area contributed by atoms with Gasteiger partial charge in [-0.15, -0.1) is 0 Å². The number of hydrogen-bond acceptors (Lipinski definition) is 3. The minimum atomic E-state index is -0.397. The van der Waals surface area contributed by atoms with Gasteiger partial charge in [0, 0.05) is 0 Å².